The van der Waals surface area contributed by atoms with Crippen molar-refractivity contribution in [2.75, 3.05) is 5.73 Å². The van der Waals surface area contributed by atoms with E-state index in [9.17, 15) is 4.79 Å². The predicted octanol–water partition coefficient (Wildman–Crippen LogP) is 1.02. The number of primary amides is 1. The zero-order valence-electron chi connectivity index (χ0n) is 7.99. The number of hydrogen-bond donors (Lipinski definition) is 2. The summed E-state index contributed by atoms with van der Waals surface area (Å²) in [5, 5.41) is 0. The van der Waals surface area contributed by atoms with E-state index in [1.807, 2.05) is 7.05 Å². The molecule has 0 bridgehead atoms. The van der Waals surface area contributed by atoms with Crippen LogP contribution in [0.15, 0.2) is 16.9 Å². The Balaban J connectivity index is 2.97. The van der Waals surface area contributed by atoms with Crippen molar-refractivity contribution < 1.29 is 4.79 Å². The Morgan fingerprint density at radius 2 is 2.27 bits per heavy atom. The molecule has 4 N–H and O–H groups in total. The molecule has 5 nitrogen and oxygen atoms in total. The van der Waals surface area contributed by atoms with Gasteiger partial charge < -0.3 is 16.0 Å². The standard InChI is InChI=1S/C9H9BrN4O/c1-14-3-13-7-6(9(12)15)5(11)2-4(10)8(7)14/h2-3H,11H2,1H3,(H2,12,15). The lowest BCUT2D eigenvalue weighted by atomic mass is 10.1. The summed E-state index contributed by atoms with van der Waals surface area (Å²) in [4.78, 5) is 15.3. The van der Waals surface area contributed by atoms with Gasteiger partial charge in [0.2, 0.25) is 0 Å². The largest absolute Gasteiger partial charge is 0.398 e. The van der Waals surface area contributed by atoms with Gasteiger partial charge in [-0.15, -0.1) is 0 Å². The van der Waals surface area contributed by atoms with E-state index in [0.717, 1.165) is 9.99 Å². The average molecular weight is 269 g/mol. The molecule has 0 atom stereocenters. The van der Waals surface area contributed by atoms with Crippen LogP contribution in [0.25, 0.3) is 11.0 Å². The summed E-state index contributed by atoms with van der Waals surface area (Å²) >= 11 is 3.37. The van der Waals surface area contributed by atoms with Crippen LogP contribution in [0.2, 0.25) is 0 Å². The average Bonchev–Trinajstić information content (AvgIpc) is 2.47. The fraction of sp³-hybridized carbons (Fsp3) is 0.111. The number of rotatable bonds is 1. The third-order valence-corrected chi connectivity index (χ3v) is 2.82. The smallest absolute Gasteiger partial charge is 0.253 e. The molecule has 0 unspecified atom stereocenters. The van der Waals surface area contributed by atoms with E-state index < -0.39 is 5.91 Å². The van der Waals surface area contributed by atoms with Crippen molar-refractivity contribution in [1.82, 2.24) is 9.55 Å². The monoisotopic (exact) mass is 268 g/mol. The number of fused-ring (bicyclic) bond motifs is 1. The third kappa shape index (κ3) is 1.37. The molecule has 0 aliphatic heterocycles. The van der Waals surface area contributed by atoms with Crippen molar-refractivity contribution in [3.8, 4) is 0 Å². The fourth-order valence-electron chi connectivity index (χ4n) is 1.57. The van der Waals surface area contributed by atoms with Crippen LogP contribution in [-0.2, 0) is 7.05 Å². The lowest BCUT2D eigenvalue weighted by Crippen LogP contribution is -2.14. The molecule has 2 rings (SSSR count). The molecule has 0 saturated heterocycles. The highest BCUT2D eigenvalue weighted by Gasteiger charge is 2.16. The van der Waals surface area contributed by atoms with Crippen LogP contribution in [0.3, 0.4) is 0 Å². The number of carbonyl (C=O) groups excluding carboxylic acids is 1. The fourth-order valence-corrected chi connectivity index (χ4v) is 2.28. The number of carbonyl (C=O) groups is 1. The number of amides is 1. The Bertz CT molecular complexity index is 561. The highest BCUT2D eigenvalue weighted by Crippen LogP contribution is 2.29. The molecule has 0 fully saturated rings. The van der Waals surface area contributed by atoms with E-state index in [2.05, 4.69) is 20.9 Å². The lowest BCUT2D eigenvalue weighted by molar-refractivity contribution is 0.100. The summed E-state index contributed by atoms with van der Waals surface area (Å²) in [6.45, 7) is 0. The summed E-state index contributed by atoms with van der Waals surface area (Å²) in [6.07, 6.45) is 1.61. The lowest BCUT2D eigenvalue weighted by Gasteiger charge is -2.05. The zero-order valence-corrected chi connectivity index (χ0v) is 9.58. The normalized spacial score (nSPS) is 10.8. The van der Waals surface area contributed by atoms with Crippen molar-refractivity contribution >= 4 is 38.6 Å². The maximum absolute atomic E-state index is 11.2. The van der Waals surface area contributed by atoms with Crippen LogP contribution in [0.1, 0.15) is 10.4 Å². The number of aryl methyl sites for hydroxylation is 1. The van der Waals surface area contributed by atoms with Gasteiger partial charge in [0.15, 0.2) is 0 Å². The number of aromatic nitrogens is 2. The molecule has 6 heteroatoms. The highest BCUT2D eigenvalue weighted by molar-refractivity contribution is 9.10. The number of benzene rings is 1. The Hall–Kier alpha value is -1.56. The second-order valence-corrected chi connectivity index (χ2v) is 4.09. The Kier molecular flexibility index (Phi) is 2.15. The van der Waals surface area contributed by atoms with Gasteiger partial charge in [0, 0.05) is 17.2 Å². The number of hydrogen-bond acceptors (Lipinski definition) is 3. The quantitative estimate of drug-likeness (QED) is 0.757. The Morgan fingerprint density at radius 1 is 1.60 bits per heavy atom. The van der Waals surface area contributed by atoms with E-state index in [4.69, 9.17) is 11.5 Å². The first-order chi connectivity index (χ1) is 7.02. The maximum Gasteiger partial charge on any atom is 0.253 e. The maximum atomic E-state index is 11.2. The molecule has 0 aliphatic rings. The molecule has 1 aromatic carbocycles. The minimum atomic E-state index is -0.566. The molecular weight excluding hydrogens is 260 g/mol. The number of nitrogen functional groups attached to an aromatic ring is 1. The van der Waals surface area contributed by atoms with Gasteiger partial charge in [-0.25, -0.2) is 4.98 Å². The van der Waals surface area contributed by atoms with Crippen molar-refractivity contribution in [1.29, 1.82) is 0 Å². The molecule has 2 aromatic rings. The number of anilines is 1. The number of nitrogens with zero attached hydrogens (tertiary/aromatic N) is 2. The summed E-state index contributed by atoms with van der Waals surface area (Å²) in [5.41, 5.74) is 12.9. The summed E-state index contributed by atoms with van der Waals surface area (Å²) < 4.78 is 2.59. The minimum Gasteiger partial charge on any atom is -0.398 e. The first-order valence-corrected chi connectivity index (χ1v) is 5.00. The van der Waals surface area contributed by atoms with Gasteiger partial charge in [-0.2, -0.15) is 0 Å². The van der Waals surface area contributed by atoms with Crippen molar-refractivity contribution in [3.63, 3.8) is 0 Å². The van der Waals surface area contributed by atoms with Crippen molar-refractivity contribution in [2.24, 2.45) is 12.8 Å². The predicted molar refractivity (Wildman–Crippen MR) is 61.3 cm³/mol. The highest BCUT2D eigenvalue weighted by atomic mass is 79.9. The van der Waals surface area contributed by atoms with E-state index in [1.54, 1.807) is 17.0 Å². The molecule has 1 amide bonds. The molecular formula is C9H9BrN4O. The van der Waals surface area contributed by atoms with E-state index in [0.29, 0.717) is 11.2 Å². The molecule has 0 saturated carbocycles. The molecule has 1 heterocycles. The van der Waals surface area contributed by atoms with E-state index in [-0.39, 0.29) is 5.56 Å². The first kappa shape index (κ1) is 9.97. The van der Waals surface area contributed by atoms with Gasteiger partial charge in [-0.05, 0) is 22.0 Å². The molecule has 0 radical (unpaired) electrons. The van der Waals surface area contributed by atoms with Crippen LogP contribution in [-0.4, -0.2) is 15.5 Å². The molecule has 78 valence electrons. The van der Waals surface area contributed by atoms with Crippen molar-refractivity contribution in [2.45, 2.75) is 0 Å². The zero-order chi connectivity index (χ0) is 11.2. The molecule has 0 aliphatic carbocycles. The van der Waals surface area contributed by atoms with Crippen LogP contribution in [0.4, 0.5) is 5.69 Å². The van der Waals surface area contributed by atoms with Gasteiger partial charge in [0.05, 0.1) is 17.4 Å². The first-order valence-electron chi connectivity index (χ1n) is 4.21. The Morgan fingerprint density at radius 3 is 2.87 bits per heavy atom. The van der Waals surface area contributed by atoms with Crippen LogP contribution in [0.5, 0.6) is 0 Å². The van der Waals surface area contributed by atoms with Crippen LogP contribution in [0, 0.1) is 0 Å². The molecule has 15 heavy (non-hydrogen) atoms. The van der Waals surface area contributed by atoms with E-state index in [1.165, 1.54) is 0 Å². The number of nitrogens with two attached hydrogens (primary N) is 2. The minimum absolute atomic E-state index is 0.272. The van der Waals surface area contributed by atoms with Crippen molar-refractivity contribution in [3.05, 3.63) is 22.4 Å². The summed E-state index contributed by atoms with van der Waals surface area (Å²) in [7, 11) is 1.83. The van der Waals surface area contributed by atoms with Gasteiger partial charge in [0.25, 0.3) is 5.91 Å². The number of imidazole rings is 1. The second-order valence-electron chi connectivity index (χ2n) is 3.24. The number of halogens is 1. The Labute approximate surface area is 94.2 Å². The molecule has 0 spiro atoms. The SMILES string of the molecule is Cn1cnc2c(C(N)=O)c(N)cc(Br)c21. The van der Waals surface area contributed by atoms with Crippen LogP contribution < -0.4 is 11.5 Å². The summed E-state index contributed by atoms with van der Waals surface area (Å²) in [6, 6.07) is 1.66. The second kappa shape index (κ2) is 3.23. The topological polar surface area (TPSA) is 86.9 Å². The third-order valence-electron chi connectivity index (χ3n) is 2.22. The van der Waals surface area contributed by atoms with Crippen LogP contribution >= 0.6 is 15.9 Å². The van der Waals surface area contributed by atoms with Gasteiger partial charge in [-0.3, -0.25) is 4.79 Å². The van der Waals surface area contributed by atoms with Gasteiger partial charge >= 0.3 is 0 Å². The van der Waals surface area contributed by atoms with Gasteiger partial charge in [-0.1, -0.05) is 0 Å². The summed E-state index contributed by atoms with van der Waals surface area (Å²) in [5.74, 6) is -0.566. The molecule has 1 aromatic heterocycles. The van der Waals surface area contributed by atoms with Gasteiger partial charge in [0.1, 0.15) is 5.52 Å². The van der Waals surface area contributed by atoms with E-state index >= 15 is 0 Å².